The van der Waals surface area contributed by atoms with Gasteiger partial charge >= 0.3 is 0 Å². The molecule has 3 aromatic carbocycles. The molecular formula is C25H24ClN3. The highest BCUT2D eigenvalue weighted by Gasteiger charge is 2.22. The molecular weight excluding hydrogens is 378 g/mol. The van der Waals surface area contributed by atoms with E-state index in [2.05, 4.69) is 63.6 Å². The summed E-state index contributed by atoms with van der Waals surface area (Å²) in [6, 6.07) is 25.4. The van der Waals surface area contributed by atoms with Gasteiger partial charge in [0.05, 0.1) is 5.69 Å². The normalized spacial score (nSPS) is 15.8. The molecule has 4 aromatic rings. The average molecular weight is 402 g/mol. The molecule has 3 nitrogen and oxygen atoms in total. The standard InChI is InChI=1S/C25H24ClN3/c26-22-10-8-19(9-11-22)24-16-25(28-27-24)20-12-14-29(15-13-20)17-21-6-3-5-18-4-1-2-7-23(18)21/h1-11,16,20H,12-15,17H2,(H,27,28). The Morgan fingerprint density at radius 3 is 2.52 bits per heavy atom. The SMILES string of the molecule is Clc1ccc(-c2cc(C3CCN(Cc4cccc5ccccc45)CC3)[nH]n2)cc1. The monoisotopic (exact) mass is 401 g/mol. The molecule has 0 unspecified atom stereocenters. The molecule has 1 N–H and O–H groups in total. The van der Waals surface area contributed by atoms with E-state index in [1.54, 1.807) is 0 Å². The number of aromatic nitrogens is 2. The highest BCUT2D eigenvalue weighted by atomic mass is 35.5. The van der Waals surface area contributed by atoms with E-state index < -0.39 is 0 Å². The number of aromatic amines is 1. The minimum Gasteiger partial charge on any atom is -0.299 e. The number of nitrogens with one attached hydrogen (secondary N) is 1. The topological polar surface area (TPSA) is 31.9 Å². The van der Waals surface area contributed by atoms with E-state index >= 15 is 0 Å². The van der Waals surface area contributed by atoms with Crippen LogP contribution in [-0.4, -0.2) is 28.2 Å². The van der Waals surface area contributed by atoms with Crippen molar-refractivity contribution in [3.63, 3.8) is 0 Å². The largest absolute Gasteiger partial charge is 0.299 e. The molecule has 1 fully saturated rings. The molecule has 0 bridgehead atoms. The Morgan fingerprint density at radius 2 is 1.69 bits per heavy atom. The third-order valence-corrected chi connectivity index (χ3v) is 6.29. The predicted octanol–water partition coefficient (Wildman–Crippen LogP) is 6.26. The molecule has 0 spiro atoms. The predicted molar refractivity (Wildman–Crippen MR) is 120 cm³/mol. The quantitative estimate of drug-likeness (QED) is 0.437. The van der Waals surface area contributed by atoms with Gasteiger partial charge < -0.3 is 0 Å². The summed E-state index contributed by atoms with van der Waals surface area (Å²) in [5, 5.41) is 11.3. The number of halogens is 1. The summed E-state index contributed by atoms with van der Waals surface area (Å²) in [6.45, 7) is 3.25. The zero-order chi connectivity index (χ0) is 19.6. The fraction of sp³-hybridized carbons (Fsp3) is 0.240. The van der Waals surface area contributed by atoms with Crippen molar-refractivity contribution in [3.8, 4) is 11.3 Å². The van der Waals surface area contributed by atoms with Gasteiger partial charge in [0, 0.05) is 28.7 Å². The third kappa shape index (κ3) is 3.93. The van der Waals surface area contributed by atoms with Crippen molar-refractivity contribution < 1.29 is 0 Å². The van der Waals surface area contributed by atoms with Crippen LogP contribution in [0.15, 0.2) is 72.8 Å². The number of piperidine rings is 1. The van der Waals surface area contributed by atoms with Gasteiger partial charge in [0.15, 0.2) is 0 Å². The summed E-state index contributed by atoms with van der Waals surface area (Å²) in [6.07, 6.45) is 2.32. The first kappa shape index (κ1) is 18.4. The smallest absolute Gasteiger partial charge is 0.0923 e. The average Bonchev–Trinajstić information content (AvgIpc) is 3.25. The molecule has 1 saturated heterocycles. The molecule has 0 amide bonds. The maximum atomic E-state index is 6.00. The van der Waals surface area contributed by atoms with Crippen LogP contribution in [0, 0.1) is 0 Å². The van der Waals surface area contributed by atoms with Gasteiger partial charge in [-0.1, -0.05) is 66.2 Å². The zero-order valence-electron chi connectivity index (χ0n) is 16.3. The fourth-order valence-electron chi connectivity index (χ4n) is 4.39. The molecule has 4 heteroatoms. The van der Waals surface area contributed by atoms with Gasteiger partial charge in [-0.2, -0.15) is 5.10 Å². The zero-order valence-corrected chi connectivity index (χ0v) is 17.1. The Hall–Kier alpha value is -2.62. The van der Waals surface area contributed by atoms with Crippen molar-refractivity contribution in [2.45, 2.75) is 25.3 Å². The van der Waals surface area contributed by atoms with Crippen LogP contribution >= 0.6 is 11.6 Å². The molecule has 5 rings (SSSR count). The maximum absolute atomic E-state index is 6.00. The number of nitrogens with zero attached hydrogens (tertiary/aromatic N) is 2. The first-order valence-corrected chi connectivity index (χ1v) is 10.6. The van der Waals surface area contributed by atoms with Crippen molar-refractivity contribution in [2.24, 2.45) is 0 Å². The van der Waals surface area contributed by atoms with E-state index in [4.69, 9.17) is 11.6 Å². The van der Waals surface area contributed by atoms with Crippen molar-refractivity contribution in [1.29, 1.82) is 0 Å². The first-order chi connectivity index (χ1) is 14.3. The number of fused-ring (bicyclic) bond motifs is 1. The second-order valence-corrected chi connectivity index (χ2v) is 8.34. The van der Waals surface area contributed by atoms with Gasteiger partial charge in [-0.3, -0.25) is 10.00 Å². The molecule has 29 heavy (non-hydrogen) atoms. The van der Waals surface area contributed by atoms with Gasteiger partial charge in [0.1, 0.15) is 0 Å². The van der Waals surface area contributed by atoms with E-state index in [9.17, 15) is 0 Å². The number of hydrogen-bond acceptors (Lipinski definition) is 2. The minimum absolute atomic E-state index is 0.548. The van der Waals surface area contributed by atoms with Crippen molar-refractivity contribution >= 4 is 22.4 Å². The van der Waals surface area contributed by atoms with Gasteiger partial charge in [0.25, 0.3) is 0 Å². The Balaban J connectivity index is 1.24. The van der Waals surface area contributed by atoms with Crippen LogP contribution < -0.4 is 0 Å². The Bertz CT molecular complexity index is 1100. The lowest BCUT2D eigenvalue weighted by Gasteiger charge is -2.31. The van der Waals surface area contributed by atoms with Crippen LogP contribution in [0.1, 0.15) is 30.0 Å². The summed E-state index contributed by atoms with van der Waals surface area (Å²) in [5.41, 5.74) is 4.77. The number of hydrogen-bond donors (Lipinski definition) is 1. The lowest BCUT2D eigenvalue weighted by molar-refractivity contribution is 0.204. The lowest BCUT2D eigenvalue weighted by Crippen LogP contribution is -2.32. The molecule has 0 radical (unpaired) electrons. The summed E-state index contributed by atoms with van der Waals surface area (Å²) < 4.78 is 0. The van der Waals surface area contributed by atoms with Gasteiger partial charge in [-0.25, -0.2) is 0 Å². The van der Waals surface area contributed by atoms with E-state index in [0.29, 0.717) is 5.92 Å². The highest BCUT2D eigenvalue weighted by Crippen LogP contribution is 2.31. The lowest BCUT2D eigenvalue weighted by atomic mass is 9.92. The molecule has 1 aliphatic heterocycles. The number of rotatable bonds is 4. The van der Waals surface area contributed by atoms with Crippen molar-refractivity contribution in [2.75, 3.05) is 13.1 Å². The first-order valence-electron chi connectivity index (χ1n) is 10.3. The van der Waals surface area contributed by atoms with Crippen molar-refractivity contribution in [3.05, 3.63) is 89.1 Å². The second-order valence-electron chi connectivity index (χ2n) is 7.90. The molecule has 1 aromatic heterocycles. The summed E-state index contributed by atoms with van der Waals surface area (Å²) >= 11 is 6.00. The van der Waals surface area contributed by atoms with Crippen LogP contribution in [0.4, 0.5) is 0 Å². The molecule has 1 aliphatic rings. The summed E-state index contributed by atoms with van der Waals surface area (Å²) in [5.74, 6) is 0.548. The summed E-state index contributed by atoms with van der Waals surface area (Å²) in [4.78, 5) is 2.58. The molecule has 0 saturated carbocycles. The molecule has 0 atom stereocenters. The van der Waals surface area contributed by atoms with Crippen LogP contribution in [0.25, 0.3) is 22.0 Å². The fourth-order valence-corrected chi connectivity index (χ4v) is 4.51. The van der Waals surface area contributed by atoms with Crippen LogP contribution in [-0.2, 0) is 6.54 Å². The van der Waals surface area contributed by atoms with E-state index in [0.717, 1.165) is 48.8 Å². The highest BCUT2D eigenvalue weighted by molar-refractivity contribution is 6.30. The summed E-state index contributed by atoms with van der Waals surface area (Å²) in [7, 11) is 0. The number of H-pyrrole nitrogens is 1. The Labute approximate surface area is 176 Å². The van der Waals surface area contributed by atoms with Crippen molar-refractivity contribution in [1.82, 2.24) is 15.1 Å². The Kier molecular flexibility index (Phi) is 5.09. The van der Waals surface area contributed by atoms with Crippen LogP contribution in [0.2, 0.25) is 5.02 Å². The van der Waals surface area contributed by atoms with Crippen LogP contribution in [0.3, 0.4) is 0 Å². The molecule has 0 aliphatic carbocycles. The van der Waals surface area contributed by atoms with Gasteiger partial charge in [-0.15, -0.1) is 0 Å². The van der Waals surface area contributed by atoms with Gasteiger partial charge in [0.2, 0.25) is 0 Å². The van der Waals surface area contributed by atoms with Gasteiger partial charge in [-0.05, 0) is 60.5 Å². The number of benzene rings is 3. The molecule has 2 heterocycles. The Morgan fingerprint density at radius 1 is 0.931 bits per heavy atom. The maximum Gasteiger partial charge on any atom is 0.0923 e. The van der Waals surface area contributed by atoms with E-state index in [1.807, 2.05) is 24.3 Å². The minimum atomic E-state index is 0.548. The number of likely N-dealkylation sites (tertiary alicyclic amines) is 1. The molecule has 146 valence electrons. The van der Waals surface area contributed by atoms with E-state index in [1.165, 1.54) is 22.0 Å². The third-order valence-electron chi connectivity index (χ3n) is 6.04. The second kappa shape index (κ2) is 8.02. The van der Waals surface area contributed by atoms with E-state index in [-0.39, 0.29) is 0 Å². The van der Waals surface area contributed by atoms with Crippen LogP contribution in [0.5, 0.6) is 0 Å².